The maximum absolute atomic E-state index is 13.0. The fraction of sp³-hybridized carbons (Fsp3) is 0.227. The van der Waals surface area contributed by atoms with Crippen molar-refractivity contribution in [1.82, 2.24) is 28.3 Å². The molecule has 12 heteroatoms. The number of nitrogens with zero attached hydrogens (tertiary/aromatic N) is 6. The number of rotatable bonds is 6. The third-order valence-electron chi connectivity index (χ3n) is 5.65. The van der Waals surface area contributed by atoms with E-state index in [0.717, 1.165) is 15.8 Å². The molecular weight excluding hydrogens is 474 g/mol. The fourth-order valence-electron chi connectivity index (χ4n) is 3.90. The zero-order valence-electron chi connectivity index (χ0n) is 18.5. The van der Waals surface area contributed by atoms with Crippen molar-refractivity contribution in [2.75, 3.05) is 11.6 Å². The van der Waals surface area contributed by atoms with Crippen LogP contribution in [0.3, 0.4) is 0 Å². The SMILES string of the molecule is Cn1cnc2c1c(=O)n(CCCSc1nc3scc(-c4ccccc4)c3c(=O)n1N)c(=O)n2C. The van der Waals surface area contributed by atoms with Gasteiger partial charge in [0.2, 0.25) is 0 Å². The van der Waals surface area contributed by atoms with Crippen LogP contribution in [0.25, 0.3) is 32.5 Å². The van der Waals surface area contributed by atoms with Gasteiger partial charge in [-0.25, -0.2) is 19.4 Å². The second kappa shape index (κ2) is 8.61. The summed E-state index contributed by atoms with van der Waals surface area (Å²) in [5.74, 6) is 6.61. The molecule has 0 atom stereocenters. The van der Waals surface area contributed by atoms with Gasteiger partial charge in [-0.15, -0.1) is 11.3 Å². The van der Waals surface area contributed by atoms with E-state index in [4.69, 9.17) is 5.84 Å². The standard InChI is InChI=1S/C22H21N7O3S2/c1-26-12-24-17-16(26)20(31)28(22(32)27(17)2)9-6-10-33-21-25-18-15(19(30)29(21)23)14(11-34-18)13-7-4-3-5-8-13/h3-5,7-8,11-12H,6,9-10,23H2,1-2H3. The molecule has 5 aromatic rings. The molecule has 10 nitrogen and oxygen atoms in total. The molecule has 0 spiro atoms. The van der Waals surface area contributed by atoms with Crippen molar-refractivity contribution in [3.63, 3.8) is 0 Å². The number of thioether (sulfide) groups is 1. The van der Waals surface area contributed by atoms with Gasteiger partial charge in [0.1, 0.15) is 4.83 Å². The lowest BCUT2D eigenvalue weighted by molar-refractivity contribution is 0.593. The number of hydrogen-bond acceptors (Lipinski definition) is 8. The average molecular weight is 496 g/mol. The maximum Gasteiger partial charge on any atom is 0.332 e. The molecule has 0 aliphatic rings. The number of hydrogen-bond donors (Lipinski definition) is 1. The van der Waals surface area contributed by atoms with Crippen molar-refractivity contribution in [3.05, 3.63) is 73.2 Å². The molecule has 34 heavy (non-hydrogen) atoms. The number of fused-ring (bicyclic) bond motifs is 2. The van der Waals surface area contributed by atoms with Crippen LogP contribution in [0.5, 0.6) is 0 Å². The summed E-state index contributed by atoms with van der Waals surface area (Å²) in [7, 11) is 3.32. The van der Waals surface area contributed by atoms with Crippen LogP contribution in [0.2, 0.25) is 0 Å². The van der Waals surface area contributed by atoms with Gasteiger partial charge < -0.3 is 10.4 Å². The Labute approximate surface area is 200 Å². The lowest BCUT2D eigenvalue weighted by atomic mass is 10.1. The van der Waals surface area contributed by atoms with Crippen LogP contribution in [-0.2, 0) is 20.6 Å². The number of aryl methyl sites for hydroxylation is 2. The minimum Gasteiger partial charge on any atom is -0.334 e. The number of benzene rings is 1. The minimum absolute atomic E-state index is 0.230. The Morgan fingerprint density at radius 1 is 1.09 bits per heavy atom. The molecule has 4 aromatic heterocycles. The van der Waals surface area contributed by atoms with E-state index in [2.05, 4.69) is 9.97 Å². The molecule has 0 fully saturated rings. The van der Waals surface area contributed by atoms with E-state index in [9.17, 15) is 14.4 Å². The molecule has 174 valence electrons. The normalized spacial score (nSPS) is 11.6. The Balaban J connectivity index is 1.37. The van der Waals surface area contributed by atoms with Crippen LogP contribution in [0.15, 0.2) is 61.6 Å². The fourth-order valence-corrected chi connectivity index (χ4v) is 5.73. The maximum atomic E-state index is 13.0. The quantitative estimate of drug-likeness (QED) is 0.165. The molecule has 0 saturated carbocycles. The molecular formula is C22H21N7O3S2. The molecule has 5 rings (SSSR count). The summed E-state index contributed by atoms with van der Waals surface area (Å²) in [6, 6.07) is 9.65. The average Bonchev–Trinajstić information content (AvgIpc) is 3.44. The number of thiophene rings is 1. The van der Waals surface area contributed by atoms with E-state index in [1.807, 2.05) is 35.7 Å². The molecule has 0 aliphatic carbocycles. The van der Waals surface area contributed by atoms with E-state index in [1.165, 1.54) is 38.6 Å². The van der Waals surface area contributed by atoms with Crippen molar-refractivity contribution in [2.45, 2.75) is 18.1 Å². The smallest absolute Gasteiger partial charge is 0.332 e. The van der Waals surface area contributed by atoms with Crippen molar-refractivity contribution in [2.24, 2.45) is 14.1 Å². The minimum atomic E-state index is -0.413. The highest BCUT2D eigenvalue weighted by molar-refractivity contribution is 7.99. The zero-order chi connectivity index (χ0) is 24.0. The Morgan fingerprint density at radius 2 is 1.85 bits per heavy atom. The lowest BCUT2D eigenvalue weighted by Crippen LogP contribution is -2.39. The summed E-state index contributed by atoms with van der Waals surface area (Å²) in [5.41, 5.74) is 1.40. The summed E-state index contributed by atoms with van der Waals surface area (Å²) < 4.78 is 5.26. The molecule has 0 aliphatic heterocycles. The van der Waals surface area contributed by atoms with Gasteiger partial charge in [-0.3, -0.25) is 18.7 Å². The highest BCUT2D eigenvalue weighted by atomic mass is 32.2. The first kappa shape index (κ1) is 22.2. The molecule has 0 unspecified atom stereocenters. The molecule has 0 radical (unpaired) electrons. The number of imidazole rings is 1. The van der Waals surface area contributed by atoms with Crippen molar-refractivity contribution in [1.29, 1.82) is 0 Å². The van der Waals surface area contributed by atoms with Gasteiger partial charge in [-0.1, -0.05) is 42.1 Å². The Morgan fingerprint density at radius 3 is 2.62 bits per heavy atom. The van der Waals surface area contributed by atoms with E-state index in [0.29, 0.717) is 38.7 Å². The third-order valence-corrected chi connectivity index (χ3v) is 7.56. The lowest BCUT2D eigenvalue weighted by Gasteiger charge is -2.09. The Kier molecular flexibility index (Phi) is 5.62. The van der Waals surface area contributed by atoms with Crippen LogP contribution in [0.1, 0.15) is 6.42 Å². The van der Waals surface area contributed by atoms with E-state index in [1.54, 1.807) is 18.7 Å². The van der Waals surface area contributed by atoms with E-state index < -0.39 is 5.69 Å². The topological polar surface area (TPSA) is 123 Å². The number of aromatic nitrogens is 6. The van der Waals surface area contributed by atoms with Gasteiger partial charge in [0, 0.05) is 37.3 Å². The van der Waals surface area contributed by atoms with Crippen LogP contribution in [0.4, 0.5) is 0 Å². The molecule has 2 N–H and O–H groups in total. The van der Waals surface area contributed by atoms with Crippen LogP contribution < -0.4 is 22.7 Å². The summed E-state index contributed by atoms with van der Waals surface area (Å²) in [6.07, 6.45) is 2.03. The predicted octanol–water partition coefficient (Wildman–Crippen LogP) is 1.77. The second-order valence-corrected chi connectivity index (χ2v) is 9.71. The molecule has 0 amide bonds. The van der Waals surface area contributed by atoms with Crippen molar-refractivity contribution in [3.8, 4) is 11.1 Å². The van der Waals surface area contributed by atoms with Gasteiger partial charge in [0.15, 0.2) is 16.3 Å². The van der Waals surface area contributed by atoms with E-state index >= 15 is 0 Å². The summed E-state index contributed by atoms with van der Waals surface area (Å²) in [5, 5.41) is 2.81. The van der Waals surface area contributed by atoms with Crippen LogP contribution in [-0.4, -0.2) is 34.1 Å². The van der Waals surface area contributed by atoms with Crippen LogP contribution in [0, 0.1) is 0 Å². The largest absolute Gasteiger partial charge is 0.334 e. The summed E-state index contributed by atoms with van der Waals surface area (Å²) >= 11 is 2.72. The number of nitrogens with two attached hydrogens (primary N) is 1. The highest BCUT2D eigenvalue weighted by Crippen LogP contribution is 2.31. The van der Waals surface area contributed by atoms with Crippen molar-refractivity contribution < 1.29 is 0 Å². The van der Waals surface area contributed by atoms with E-state index in [-0.39, 0.29) is 17.7 Å². The van der Waals surface area contributed by atoms with Gasteiger partial charge in [0.25, 0.3) is 11.1 Å². The first-order chi connectivity index (χ1) is 16.4. The molecule has 4 heterocycles. The van der Waals surface area contributed by atoms with Crippen LogP contribution >= 0.6 is 23.1 Å². The zero-order valence-corrected chi connectivity index (χ0v) is 20.1. The molecule has 0 bridgehead atoms. The molecule has 1 aromatic carbocycles. The first-order valence-corrected chi connectivity index (χ1v) is 12.3. The van der Waals surface area contributed by atoms with Gasteiger partial charge >= 0.3 is 5.69 Å². The summed E-state index contributed by atoms with van der Waals surface area (Å²) in [4.78, 5) is 47.8. The number of nitrogen functional groups attached to an aromatic ring is 1. The highest BCUT2D eigenvalue weighted by Gasteiger charge is 2.17. The summed E-state index contributed by atoms with van der Waals surface area (Å²) in [6.45, 7) is 0.230. The Bertz CT molecular complexity index is 1710. The predicted molar refractivity (Wildman–Crippen MR) is 135 cm³/mol. The second-order valence-electron chi connectivity index (χ2n) is 7.79. The third kappa shape index (κ3) is 3.55. The first-order valence-electron chi connectivity index (χ1n) is 10.5. The van der Waals surface area contributed by atoms with Gasteiger partial charge in [-0.2, -0.15) is 0 Å². The van der Waals surface area contributed by atoms with Crippen molar-refractivity contribution >= 4 is 44.5 Å². The molecule has 0 saturated heterocycles. The van der Waals surface area contributed by atoms with Gasteiger partial charge in [0.05, 0.1) is 11.7 Å². The Hall–Kier alpha value is -3.64. The monoisotopic (exact) mass is 495 g/mol. The van der Waals surface area contributed by atoms with Gasteiger partial charge in [-0.05, 0) is 12.0 Å².